The summed E-state index contributed by atoms with van der Waals surface area (Å²) in [6.07, 6.45) is 0. The number of rotatable bonds is 3. The molecule has 0 aliphatic carbocycles. The van der Waals surface area contributed by atoms with Crippen LogP contribution in [0.4, 0.5) is 0 Å². The van der Waals surface area contributed by atoms with E-state index >= 15 is 0 Å². The Labute approximate surface area is 136 Å². The highest BCUT2D eigenvalue weighted by atomic mass is 15.7. The van der Waals surface area contributed by atoms with Crippen LogP contribution in [-0.4, -0.2) is 47.4 Å². The summed E-state index contributed by atoms with van der Waals surface area (Å²) in [5.41, 5.74) is 2.33. The van der Waals surface area contributed by atoms with Gasteiger partial charge in [0.25, 0.3) is 0 Å². The lowest BCUT2D eigenvalue weighted by atomic mass is 10.2. The summed E-state index contributed by atoms with van der Waals surface area (Å²) < 4.78 is 0. The SMILES string of the molecule is CC1CN(N2CCN=C2c2ccccc2)C(c2ccccc2)=N1. The number of nitrogens with zero attached hydrogens (tertiary/aromatic N) is 4. The summed E-state index contributed by atoms with van der Waals surface area (Å²) in [4.78, 5) is 9.59. The van der Waals surface area contributed by atoms with Gasteiger partial charge in [-0.15, -0.1) is 0 Å². The van der Waals surface area contributed by atoms with E-state index in [-0.39, 0.29) is 0 Å². The van der Waals surface area contributed by atoms with Crippen molar-refractivity contribution in [3.05, 3.63) is 71.8 Å². The maximum atomic E-state index is 4.86. The van der Waals surface area contributed by atoms with Crippen molar-refractivity contribution in [2.45, 2.75) is 13.0 Å². The number of hydrazine groups is 1. The molecule has 116 valence electrons. The number of aliphatic imine (C=N–C) groups is 2. The summed E-state index contributed by atoms with van der Waals surface area (Å²) in [5.74, 6) is 2.09. The minimum absolute atomic E-state index is 0.294. The molecule has 2 aliphatic rings. The standard InChI is InChI=1S/C19H20N4/c1-15-14-23(19(21-15)17-10-6-3-7-11-17)22-13-12-20-18(22)16-8-4-2-5-9-16/h2-11,15H,12-14H2,1H3. The number of hydrogen-bond donors (Lipinski definition) is 0. The molecule has 4 heteroatoms. The first-order valence-corrected chi connectivity index (χ1v) is 8.11. The molecule has 0 amide bonds. The predicted molar refractivity (Wildman–Crippen MR) is 93.7 cm³/mol. The number of amidine groups is 2. The molecule has 0 bridgehead atoms. The lowest BCUT2D eigenvalue weighted by Gasteiger charge is -2.33. The van der Waals surface area contributed by atoms with Gasteiger partial charge >= 0.3 is 0 Å². The van der Waals surface area contributed by atoms with Crippen LogP contribution in [-0.2, 0) is 0 Å². The Balaban J connectivity index is 1.67. The van der Waals surface area contributed by atoms with E-state index in [0.717, 1.165) is 42.4 Å². The minimum atomic E-state index is 0.294. The van der Waals surface area contributed by atoms with Gasteiger partial charge in [0.05, 0.1) is 25.7 Å². The van der Waals surface area contributed by atoms with E-state index in [1.54, 1.807) is 0 Å². The van der Waals surface area contributed by atoms with Crippen LogP contribution in [0.1, 0.15) is 18.1 Å². The van der Waals surface area contributed by atoms with Gasteiger partial charge in [-0.3, -0.25) is 20.0 Å². The van der Waals surface area contributed by atoms with E-state index < -0.39 is 0 Å². The molecule has 0 aromatic heterocycles. The predicted octanol–water partition coefficient (Wildman–Crippen LogP) is 2.81. The van der Waals surface area contributed by atoms with Crippen LogP contribution in [0, 0.1) is 0 Å². The Kier molecular flexibility index (Phi) is 3.58. The normalized spacial score (nSPS) is 20.7. The molecular weight excluding hydrogens is 284 g/mol. The highest BCUT2D eigenvalue weighted by Gasteiger charge is 2.32. The van der Waals surface area contributed by atoms with E-state index in [0.29, 0.717) is 6.04 Å². The fraction of sp³-hybridized carbons (Fsp3) is 0.263. The van der Waals surface area contributed by atoms with Crippen molar-refractivity contribution in [2.24, 2.45) is 9.98 Å². The van der Waals surface area contributed by atoms with Crippen molar-refractivity contribution in [1.82, 2.24) is 10.0 Å². The van der Waals surface area contributed by atoms with Crippen LogP contribution in [0.25, 0.3) is 0 Å². The van der Waals surface area contributed by atoms with Gasteiger partial charge < -0.3 is 0 Å². The third-order valence-electron chi connectivity index (χ3n) is 4.20. The van der Waals surface area contributed by atoms with E-state index in [4.69, 9.17) is 9.98 Å². The fourth-order valence-electron chi connectivity index (χ4n) is 3.18. The molecule has 0 radical (unpaired) electrons. The van der Waals surface area contributed by atoms with E-state index in [2.05, 4.69) is 65.5 Å². The van der Waals surface area contributed by atoms with E-state index in [1.807, 2.05) is 12.1 Å². The molecule has 23 heavy (non-hydrogen) atoms. The summed E-state index contributed by atoms with van der Waals surface area (Å²) in [5, 5.41) is 4.57. The molecule has 0 N–H and O–H groups in total. The zero-order valence-electron chi connectivity index (χ0n) is 13.3. The molecule has 0 saturated carbocycles. The van der Waals surface area contributed by atoms with Crippen LogP contribution in [0.2, 0.25) is 0 Å². The smallest absolute Gasteiger partial charge is 0.150 e. The van der Waals surface area contributed by atoms with Gasteiger partial charge in [-0.05, 0) is 6.92 Å². The molecular formula is C19H20N4. The minimum Gasteiger partial charge on any atom is -0.265 e. The highest BCUT2D eigenvalue weighted by molar-refractivity contribution is 6.04. The molecule has 0 saturated heterocycles. The summed E-state index contributed by atoms with van der Waals surface area (Å²) in [6, 6.07) is 21.1. The van der Waals surface area contributed by atoms with Crippen molar-refractivity contribution < 1.29 is 0 Å². The first-order chi connectivity index (χ1) is 11.3. The van der Waals surface area contributed by atoms with Gasteiger partial charge in [0.1, 0.15) is 11.7 Å². The molecule has 4 nitrogen and oxygen atoms in total. The second kappa shape index (κ2) is 5.88. The fourth-order valence-corrected chi connectivity index (χ4v) is 3.18. The monoisotopic (exact) mass is 304 g/mol. The average Bonchev–Trinajstić information content (AvgIpc) is 3.22. The number of hydrogen-bond acceptors (Lipinski definition) is 4. The van der Waals surface area contributed by atoms with Gasteiger partial charge in [-0.2, -0.15) is 0 Å². The third kappa shape index (κ3) is 2.61. The zero-order chi connectivity index (χ0) is 15.6. The summed E-state index contributed by atoms with van der Waals surface area (Å²) in [6.45, 7) is 4.80. The molecule has 4 rings (SSSR count). The van der Waals surface area contributed by atoms with E-state index in [9.17, 15) is 0 Å². The van der Waals surface area contributed by atoms with Crippen molar-refractivity contribution in [1.29, 1.82) is 0 Å². The van der Waals surface area contributed by atoms with Crippen LogP contribution < -0.4 is 0 Å². The lowest BCUT2D eigenvalue weighted by Crippen LogP contribution is -2.47. The molecule has 0 spiro atoms. The molecule has 0 fully saturated rings. The van der Waals surface area contributed by atoms with Crippen LogP contribution in [0.3, 0.4) is 0 Å². The maximum Gasteiger partial charge on any atom is 0.150 e. The Morgan fingerprint density at radius 2 is 1.43 bits per heavy atom. The Bertz CT molecular complexity index is 736. The Morgan fingerprint density at radius 1 is 0.826 bits per heavy atom. The molecule has 1 unspecified atom stereocenters. The Hall–Kier alpha value is -2.62. The van der Waals surface area contributed by atoms with Gasteiger partial charge in [0.2, 0.25) is 0 Å². The lowest BCUT2D eigenvalue weighted by molar-refractivity contribution is 0.156. The molecule has 2 heterocycles. The van der Waals surface area contributed by atoms with Crippen LogP contribution in [0.15, 0.2) is 70.6 Å². The maximum absolute atomic E-state index is 4.86. The molecule has 2 aromatic carbocycles. The van der Waals surface area contributed by atoms with Crippen molar-refractivity contribution >= 4 is 11.7 Å². The largest absolute Gasteiger partial charge is 0.265 e. The van der Waals surface area contributed by atoms with Crippen molar-refractivity contribution in [3.63, 3.8) is 0 Å². The van der Waals surface area contributed by atoms with Gasteiger partial charge in [0, 0.05) is 11.1 Å². The zero-order valence-corrected chi connectivity index (χ0v) is 13.3. The second-order valence-electron chi connectivity index (χ2n) is 5.94. The third-order valence-corrected chi connectivity index (χ3v) is 4.20. The molecule has 2 aromatic rings. The summed E-state index contributed by atoms with van der Waals surface area (Å²) in [7, 11) is 0. The highest BCUT2D eigenvalue weighted by Crippen LogP contribution is 2.22. The second-order valence-corrected chi connectivity index (χ2v) is 5.94. The van der Waals surface area contributed by atoms with Crippen LogP contribution in [0.5, 0.6) is 0 Å². The van der Waals surface area contributed by atoms with Crippen molar-refractivity contribution in [3.8, 4) is 0 Å². The van der Waals surface area contributed by atoms with Crippen LogP contribution >= 0.6 is 0 Å². The molecule has 1 atom stereocenters. The van der Waals surface area contributed by atoms with Gasteiger partial charge in [-0.25, -0.2) is 0 Å². The molecule has 2 aliphatic heterocycles. The van der Waals surface area contributed by atoms with Gasteiger partial charge in [0.15, 0.2) is 0 Å². The summed E-state index contributed by atoms with van der Waals surface area (Å²) >= 11 is 0. The van der Waals surface area contributed by atoms with Crippen molar-refractivity contribution in [2.75, 3.05) is 19.6 Å². The quantitative estimate of drug-likeness (QED) is 0.873. The average molecular weight is 304 g/mol. The Morgan fingerprint density at radius 3 is 2.09 bits per heavy atom. The number of benzene rings is 2. The first-order valence-electron chi connectivity index (χ1n) is 8.11. The topological polar surface area (TPSA) is 31.2 Å². The van der Waals surface area contributed by atoms with Gasteiger partial charge in [-0.1, -0.05) is 60.7 Å². The van der Waals surface area contributed by atoms with E-state index in [1.165, 1.54) is 0 Å². The first kappa shape index (κ1) is 14.0.